The minimum atomic E-state index is -0.176. The SMILES string of the molecule is CC1(C)[C@@H](O)CC[C@]2(C)[C@H]3CC[C@@H]4[C@H]5[C@H](c6cn(-c7ccccc7)nn6)CC[C@]5(CO)CC[C@@]4(C)[C@]3(C)CC[C@@H]12. The van der Waals surface area contributed by atoms with Gasteiger partial charge in [-0.15, -0.1) is 5.10 Å². The maximum Gasteiger partial charge on any atom is 0.0865 e. The lowest BCUT2D eigenvalue weighted by Gasteiger charge is -2.73. The van der Waals surface area contributed by atoms with Gasteiger partial charge < -0.3 is 10.2 Å². The van der Waals surface area contributed by atoms with E-state index in [1.165, 1.54) is 38.5 Å². The van der Waals surface area contributed by atoms with Crippen LogP contribution in [0.2, 0.25) is 0 Å². The molecule has 0 spiro atoms. The highest BCUT2D eigenvalue weighted by Crippen LogP contribution is 2.77. The average Bonchev–Trinajstić information content (AvgIpc) is 3.58. The van der Waals surface area contributed by atoms with Gasteiger partial charge in [0.2, 0.25) is 0 Å². The van der Waals surface area contributed by atoms with Crippen LogP contribution in [-0.2, 0) is 0 Å². The van der Waals surface area contributed by atoms with E-state index in [0.717, 1.165) is 37.1 Å². The topological polar surface area (TPSA) is 71.2 Å². The fraction of sp³-hybridized carbons (Fsp3) is 0.771. The highest BCUT2D eigenvalue weighted by molar-refractivity contribution is 5.31. The van der Waals surface area contributed by atoms with Crippen LogP contribution in [0, 0.1) is 50.7 Å². The third kappa shape index (κ3) is 3.40. The van der Waals surface area contributed by atoms with Gasteiger partial charge in [-0.2, -0.15) is 0 Å². The first kappa shape index (κ1) is 27.1. The molecule has 10 atom stereocenters. The van der Waals surface area contributed by atoms with Crippen molar-refractivity contribution in [2.24, 2.45) is 50.7 Å². The Hall–Kier alpha value is -1.72. The van der Waals surface area contributed by atoms with E-state index in [1.54, 1.807) is 0 Å². The van der Waals surface area contributed by atoms with Crippen molar-refractivity contribution in [2.75, 3.05) is 6.61 Å². The van der Waals surface area contributed by atoms with Crippen molar-refractivity contribution in [3.63, 3.8) is 0 Å². The Morgan fingerprint density at radius 2 is 1.60 bits per heavy atom. The molecule has 5 saturated carbocycles. The van der Waals surface area contributed by atoms with Crippen molar-refractivity contribution in [3.05, 3.63) is 42.2 Å². The standard InChI is InChI=1S/C35H51N3O2/c1-31(2)27-14-17-34(5)28(32(27,3)16-15-29(31)40)12-11-25-30-24(13-18-35(30,22-39)20-19-33(25,34)4)26-21-38(37-36-26)23-9-7-6-8-10-23/h6-10,21,24-25,27-30,39-40H,11-20,22H2,1-5H3/t24-,25+,27-,28+,29-,30+,32-,33+,34+,35+/m0/s1. The van der Waals surface area contributed by atoms with Crippen molar-refractivity contribution in [1.82, 2.24) is 15.0 Å². The van der Waals surface area contributed by atoms with Gasteiger partial charge >= 0.3 is 0 Å². The second-order valence-electron chi connectivity index (χ2n) is 16.2. The molecule has 5 nitrogen and oxygen atoms in total. The Morgan fingerprint density at radius 3 is 2.35 bits per heavy atom. The summed E-state index contributed by atoms with van der Waals surface area (Å²) in [5.74, 6) is 2.73. The van der Waals surface area contributed by atoms with Gasteiger partial charge in [-0.1, -0.05) is 58.0 Å². The first-order chi connectivity index (χ1) is 19.0. The zero-order valence-corrected chi connectivity index (χ0v) is 25.4. The van der Waals surface area contributed by atoms with E-state index in [9.17, 15) is 10.2 Å². The zero-order valence-electron chi connectivity index (χ0n) is 25.4. The van der Waals surface area contributed by atoms with Crippen LogP contribution in [0.3, 0.4) is 0 Å². The van der Waals surface area contributed by atoms with Crippen LogP contribution in [0.4, 0.5) is 0 Å². The van der Waals surface area contributed by atoms with Crippen LogP contribution in [-0.4, -0.2) is 37.9 Å². The molecule has 5 heteroatoms. The number of para-hydroxylation sites is 1. The number of aliphatic hydroxyl groups excluding tert-OH is 2. The van der Waals surface area contributed by atoms with Crippen molar-refractivity contribution in [2.45, 2.75) is 111 Å². The Balaban J connectivity index is 1.25. The number of hydrogen-bond acceptors (Lipinski definition) is 4. The summed E-state index contributed by atoms with van der Waals surface area (Å²) in [6, 6.07) is 10.3. The predicted molar refractivity (Wildman–Crippen MR) is 158 cm³/mol. The lowest BCUT2D eigenvalue weighted by molar-refractivity contribution is -0.248. The first-order valence-corrected chi connectivity index (χ1v) is 16.3. The molecule has 2 aromatic rings. The molecular weight excluding hydrogens is 494 g/mol. The van der Waals surface area contributed by atoms with Gasteiger partial charge in [0.1, 0.15) is 0 Å². The Morgan fingerprint density at radius 1 is 0.825 bits per heavy atom. The van der Waals surface area contributed by atoms with Gasteiger partial charge in [0.25, 0.3) is 0 Å². The Bertz CT molecular complexity index is 1260. The van der Waals surface area contributed by atoms with E-state index in [-0.39, 0.29) is 27.8 Å². The summed E-state index contributed by atoms with van der Waals surface area (Å²) in [4.78, 5) is 0. The van der Waals surface area contributed by atoms with Gasteiger partial charge in [-0.05, 0) is 127 Å². The normalized spacial score (nSPS) is 47.6. The molecule has 2 N–H and O–H groups in total. The summed E-state index contributed by atoms with van der Waals surface area (Å²) in [6.45, 7) is 12.9. The number of benzene rings is 1. The summed E-state index contributed by atoms with van der Waals surface area (Å²) in [6.07, 6.45) is 13.8. The Kier molecular flexibility index (Phi) is 6.03. The van der Waals surface area contributed by atoms with Crippen LogP contribution in [0.15, 0.2) is 36.5 Å². The summed E-state index contributed by atoms with van der Waals surface area (Å²) < 4.78 is 1.94. The van der Waals surface area contributed by atoms with E-state index in [4.69, 9.17) is 5.10 Å². The third-order valence-electron chi connectivity index (χ3n) is 14.8. The molecule has 0 amide bonds. The fourth-order valence-electron chi connectivity index (χ4n) is 12.5. The minimum absolute atomic E-state index is 0.00812. The molecule has 1 heterocycles. The first-order valence-electron chi connectivity index (χ1n) is 16.3. The van der Waals surface area contributed by atoms with Gasteiger partial charge in [-0.3, -0.25) is 0 Å². The molecule has 0 radical (unpaired) electrons. The molecule has 5 fully saturated rings. The molecule has 0 saturated heterocycles. The predicted octanol–water partition coefficient (Wildman–Crippen LogP) is 7.17. The van der Waals surface area contributed by atoms with Crippen molar-refractivity contribution >= 4 is 0 Å². The van der Waals surface area contributed by atoms with Gasteiger partial charge in [0, 0.05) is 12.5 Å². The molecule has 0 aliphatic heterocycles. The van der Waals surface area contributed by atoms with Gasteiger partial charge in [0.05, 0.1) is 23.7 Å². The van der Waals surface area contributed by atoms with Crippen molar-refractivity contribution in [1.29, 1.82) is 0 Å². The second kappa shape index (κ2) is 8.89. The highest BCUT2D eigenvalue weighted by atomic mass is 16.3. The van der Waals surface area contributed by atoms with Crippen LogP contribution in [0.1, 0.15) is 110 Å². The fourth-order valence-corrected chi connectivity index (χ4v) is 12.5. The van der Waals surface area contributed by atoms with E-state index in [2.05, 4.69) is 70.3 Å². The molecule has 0 unspecified atom stereocenters. The number of nitrogens with zero attached hydrogens (tertiary/aromatic N) is 3. The maximum absolute atomic E-state index is 11.0. The van der Waals surface area contributed by atoms with Crippen molar-refractivity contribution < 1.29 is 10.2 Å². The summed E-state index contributed by atoms with van der Waals surface area (Å²) >= 11 is 0. The van der Waals surface area contributed by atoms with Crippen LogP contribution in [0.25, 0.3) is 5.69 Å². The van der Waals surface area contributed by atoms with Crippen LogP contribution >= 0.6 is 0 Å². The molecule has 0 bridgehead atoms. The number of rotatable bonds is 3. The molecular formula is C35H51N3O2. The molecule has 1 aromatic carbocycles. The average molecular weight is 546 g/mol. The number of aliphatic hydroxyl groups is 2. The smallest absolute Gasteiger partial charge is 0.0865 e. The molecule has 218 valence electrons. The van der Waals surface area contributed by atoms with Gasteiger partial charge in [-0.25, -0.2) is 4.68 Å². The lowest BCUT2D eigenvalue weighted by atomic mass is 9.32. The zero-order chi connectivity index (χ0) is 28.1. The van der Waals surface area contributed by atoms with E-state index in [1.807, 2.05) is 10.7 Å². The lowest BCUT2D eigenvalue weighted by Crippen LogP contribution is -2.66. The van der Waals surface area contributed by atoms with E-state index >= 15 is 0 Å². The van der Waals surface area contributed by atoms with E-state index in [0.29, 0.717) is 41.6 Å². The maximum atomic E-state index is 11.0. The van der Waals surface area contributed by atoms with Gasteiger partial charge in [0.15, 0.2) is 0 Å². The van der Waals surface area contributed by atoms with Crippen LogP contribution < -0.4 is 0 Å². The summed E-state index contributed by atoms with van der Waals surface area (Å²) in [7, 11) is 0. The molecule has 7 rings (SSSR count). The largest absolute Gasteiger partial charge is 0.396 e. The van der Waals surface area contributed by atoms with E-state index < -0.39 is 0 Å². The van der Waals surface area contributed by atoms with Crippen LogP contribution in [0.5, 0.6) is 0 Å². The highest BCUT2D eigenvalue weighted by Gasteiger charge is 2.70. The molecule has 5 aliphatic carbocycles. The minimum Gasteiger partial charge on any atom is -0.396 e. The second-order valence-corrected chi connectivity index (χ2v) is 16.2. The number of aromatic nitrogens is 3. The Labute approximate surface area is 241 Å². The summed E-state index contributed by atoms with van der Waals surface area (Å²) in [5.41, 5.74) is 3.03. The van der Waals surface area contributed by atoms with Crippen molar-refractivity contribution in [3.8, 4) is 5.69 Å². The molecule has 40 heavy (non-hydrogen) atoms. The third-order valence-corrected chi connectivity index (χ3v) is 14.8. The molecule has 5 aliphatic rings. The summed E-state index contributed by atoms with van der Waals surface area (Å²) in [5, 5.41) is 31.4. The quantitative estimate of drug-likeness (QED) is 0.429. The monoisotopic (exact) mass is 545 g/mol. The number of hydrogen-bond donors (Lipinski definition) is 2. The molecule has 1 aromatic heterocycles. The number of fused-ring (bicyclic) bond motifs is 7.